The summed E-state index contributed by atoms with van der Waals surface area (Å²) in [6, 6.07) is 13.3. The van der Waals surface area contributed by atoms with Gasteiger partial charge in [0.05, 0.1) is 19.6 Å². The number of unbranched alkanes of at least 4 members (excludes halogenated alkanes) is 2. The molecule has 0 saturated carbocycles. The van der Waals surface area contributed by atoms with E-state index in [2.05, 4.69) is 57.8 Å². The lowest BCUT2D eigenvalue weighted by atomic mass is 10.0. The minimum absolute atomic E-state index is 0.0208. The highest BCUT2D eigenvalue weighted by molar-refractivity contribution is 6.36. The Kier molecular flexibility index (Phi) is 17.9. The molecule has 0 aliphatic rings. The quantitative estimate of drug-likeness (QED) is 0.0689. The molecule has 2 rings (SSSR count). The largest absolute Gasteiger partial charge is 0.363 e. The monoisotopic (exact) mass is 693 g/mol. The maximum Gasteiger partial charge on any atom is 0.286 e. The Morgan fingerprint density at radius 3 is 1.78 bits per heavy atom. The zero-order valence-electron chi connectivity index (χ0n) is 29.1. The van der Waals surface area contributed by atoms with Crippen LogP contribution in [0.2, 0.25) is 0 Å². The van der Waals surface area contributed by atoms with Crippen molar-refractivity contribution in [2.75, 3.05) is 26.2 Å². The third-order valence-corrected chi connectivity index (χ3v) is 7.74. The van der Waals surface area contributed by atoms with Crippen LogP contribution in [0, 0.1) is 5.92 Å². The number of aryl methyl sites for hydroxylation is 1. The summed E-state index contributed by atoms with van der Waals surface area (Å²) in [7, 11) is 0. The van der Waals surface area contributed by atoms with E-state index < -0.39 is 66.4 Å². The van der Waals surface area contributed by atoms with Gasteiger partial charge < -0.3 is 38.1 Å². The van der Waals surface area contributed by atoms with Crippen LogP contribution in [0.4, 0.5) is 0 Å². The highest BCUT2D eigenvalue weighted by Gasteiger charge is 2.25. The zero-order chi connectivity index (χ0) is 37.1. The van der Waals surface area contributed by atoms with Crippen LogP contribution in [0.3, 0.4) is 0 Å². The predicted molar refractivity (Wildman–Crippen MR) is 189 cm³/mol. The molecule has 2 atom stereocenters. The van der Waals surface area contributed by atoms with E-state index in [4.69, 9.17) is 11.5 Å². The Morgan fingerprint density at radius 2 is 1.22 bits per heavy atom. The summed E-state index contributed by atoms with van der Waals surface area (Å²) in [6.45, 7) is 4.70. The number of Topliss-reactive ketones (excluding diaryl/α,β-unsaturated/α-hetero) is 1. The highest BCUT2D eigenvalue weighted by atomic mass is 16.2. The average molecular weight is 694 g/mol. The number of amides is 6. The molecule has 0 aromatic heterocycles. The van der Waals surface area contributed by atoms with Crippen LogP contribution in [-0.4, -0.2) is 79.5 Å². The second kappa shape index (κ2) is 21.8. The molecule has 0 aliphatic carbocycles. The lowest BCUT2D eigenvalue weighted by molar-refractivity contribution is -0.136. The minimum atomic E-state index is -1.20. The van der Waals surface area contributed by atoms with Gasteiger partial charge in [-0.2, -0.15) is 0 Å². The SMILES string of the molecule is CCCCc1ccc(-c2ccc(C(=O)NCC(=O)N[C@@H](CCCCN)C(=O)NCC(=O)N[C@@H](CC(C)C)C(=O)NCC(=O)C(N)=O)cc2)cc1. The molecule has 14 heteroatoms. The van der Waals surface area contributed by atoms with Crippen molar-refractivity contribution in [3.05, 3.63) is 59.7 Å². The van der Waals surface area contributed by atoms with Crippen molar-refractivity contribution in [1.82, 2.24) is 26.6 Å². The summed E-state index contributed by atoms with van der Waals surface area (Å²) in [5.41, 5.74) is 14.1. The summed E-state index contributed by atoms with van der Waals surface area (Å²) in [6.07, 6.45) is 4.88. The first-order chi connectivity index (χ1) is 23.8. The molecule has 0 bridgehead atoms. The number of ketones is 1. The summed E-state index contributed by atoms with van der Waals surface area (Å²) in [5.74, 6) is -5.28. The first-order valence-electron chi connectivity index (χ1n) is 17.0. The van der Waals surface area contributed by atoms with Gasteiger partial charge in [0.25, 0.3) is 11.8 Å². The van der Waals surface area contributed by atoms with Crippen molar-refractivity contribution >= 4 is 41.2 Å². The molecule has 14 nitrogen and oxygen atoms in total. The van der Waals surface area contributed by atoms with E-state index >= 15 is 0 Å². The molecule has 50 heavy (non-hydrogen) atoms. The third kappa shape index (κ3) is 15.0. The summed E-state index contributed by atoms with van der Waals surface area (Å²) >= 11 is 0. The Morgan fingerprint density at radius 1 is 0.680 bits per heavy atom. The first kappa shape index (κ1) is 41.1. The lowest BCUT2D eigenvalue weighted by Gasteiger charge is -2.21. The van der Waals surface area contributed by atoms with Gasteiger partial charge in [-0.05, 0) is 79.8 Å². The number of hydrogen-bond donors (Lipinski definition) is 7. The van der Waals surface area contributed by atoms with Crippen LogP contribution >= 0.6 is 0 Å². The van der Waals surface area contributed by atoms with Crippen molar-refractivity contribution in [3.63, 3.8) is 0 Å². The van der Waals surface area contributed by atoms with Gasteiger partial charge >= 0.3 is 0 Å². The molecule has 0 aliphatic heterocycles. The fraction of sp³-hybridized carbons (Fsp3) is 0.472. The maximum absolute atomic E-state index is 13.0. The molecule has 2 aromatic carbocycles. The van der Waals surface area contributed by atoms with Gasteiger partial charge in [0.15, 0.2) is 0 Å². The number of nitrogens with one attached hydrogen (secondary N) is 5. The molecule has 0 unspecified atom stereocenters. The molecule has 272 valence electrons. The molecular formula is C36H51N7O7. The van der Waals surface area contributed by atoms with Crippen molar-refractivity contribution in [3.8, 4) is 11.1 Å². The van der Waals surface area contributed by atoms with E-state index in [1.807, 2.05) is 26.0 Å². The number of benzene rings is 2. The van der Waals surface area contributed by atoms with Crippen LogP contribution < -0.4 is 38.1 Å². The molecule has 0 spiro atoms. The molecule has 2 aromatic rings. The van der Waals surface area contributed by atoms with E-state index in [1.165, 1.54) is 5.56 Å². The van der Waals surface area contributed by atoms with Gasteiger partial charge in [0, 0.05) is 5.56 Å². The van der Waals surface area contributed by atoms with Crippen LogP contribution in [-0.2, 0) is 35.2 Å². The number of nitrogens with two attached hydrogens (primary N) is 2. The van der Waals surface area contributed by atoms with E-state index in [0.29, 0.717) is 24.9 Å². The Labute approximate surface area is 293 Å². The standard InChI is InChI=1S/C36H51N7O7/c1-4-5-8-24-10-12-25(13-11-24)26-14-16-27(17-15-26)34(48)40-21-31(45)42-28(9-6-7-18-37)35(49)41-22-32(46)43-29(19-23(2)3)36(50)39-20-30(44)33(38)47/h10-17,23,28-29H,4-9,18-22,37H2,1-3H3,(H2,38,47)(H,39,50)(H,40,48)(H,41,49)(H,42,45)(H,43,46)/t28-,29-/m0/s1. The number of carbonyl (C=O) groups is 7. The zero-order valence-corrected chi connectivity index (χ0v) is 29.1. The topological polar surface area (TPSA) is 232 Å². The van der Waals surface area contributed by atoms with E-state index in [-0.39, 0.29) is 25.3 Å². The number of primary amides is 1. The summed E-state index contributed by atoms with van der Waals surface area (Å²) < 4.78 is 0. The van der Waals surface area contributed by atoms with Gasteiger partial charge in [-0.1, -0.05) is 63.6 Å². The van der Waals surface area contributed by atoms with Crippen molar-refractivity contribution in [2.45, 2.75) is 77.8 Å². The van der Waals surface area contributed by atoms with E-state index in [9.17, 15) is 33.6 Å². The average Bonchev–Trinajstić information content (AvgIpc) is 3.10. The second-order valence-electron chi connectivity index (χ2n) is 12.4. The van der Waals surface area contributed by atoms with Gasteiger partial charge in [0.2, 0.25) is 29.4 Å². The Bertz CT molecular complexity index is 1460. The summed E-state index contributed by atoms with van der Waals surface area (Å²) in [5, 5.41) is 12.4. The van der Waals surface area contributed by atoms with E-state index in [0.717, 1.165) is 30.4 Å². The lowest BCUT2D eigenvalue weighted by Crippen LogP contribution is -2.53. The fourth-order valence-electron chi connectivity index (χ4n) is 4.94. The first-order valence-corrected chi connectivity index (χ1v) is 17.0. The summed E-state index contributed by atoms with van der Waals surface area (Å²) in [4.78, 5) is 86.2. The van der Waals surface area contributed by atoms with Crippen LogP contribution in [0.15, 0.2) is 48.5 Å². The highest BCUT2D eigenvalue weighted by Crippen LogP contribution is 2.21. The molecule has 0 radical (unpaired) electrons. The Hall–Kier alpha value is -5.11. The van der Waals surface area contributed by atoms with Crippen molar-refractivity contribution in [1.29, 1.82) is 0 Å². The molecule has 6 amide bonds. The normalized spacial score (nSPS) is 11.9. The third-order valence-electron chi connectivity index (χ3n) is 7.74. The minimum Gasteiger partial charge on any atom is -0.363 e. The molecule has 0 saturated heterocycles. The van der Waals surface area contributed by atoms with Crippen LogP contribution in [0.1, 0.15) is 75.2 Å². The number of rotatable bonds is 22. The van der Waals surface area contributed by atoms with Crippen LogP contribution in [0.25, 0.3) is 11.1 Å². The van der Waals surface area contributed by atoms with Gasteiger partial charge in [0.1, 0.15) is 12.1 Å². The van der Waals surface area contributed by atoms with Crippen molar-refractivity contribution in [2.24, 2.45) is 17.4 Å². The van der Waals surface area contributed by atoms with E-state index in [1.54, 1.807) is 12.1 Å². The Balaban J connectivity index is 1.92. The number of carbonyl (C=O) groups excluding carboxylic acids is 7. The number of hydrogen-bond acceptors (Lipinski definition) is 8. The molecule has 0 heterocycles. The smallest absolute Gasteiger partial charge is 0.286 e. The van der Waals surface area contributed by atoms with Crippen LogP contribution in [0.5, 0.6) is 0 Å². The fourth-order valence-corrected chi connectivity index (χ4v) is 4.94. The second-order valence-corrected chi connectivity index (χ2v) is 12.4. The molecular weight excluding hydrogens is 642 g/mol. The van der Waals surface area contributed by atoms with Gasteiger partial charge in [-0.25, -0.2) is 0 Å². The van der Waals surface area contributed by atoms with Gasteiger partial charge in [-0.15, -0.1) is 0 Å². The van der Waals surface area contributed by atoms with Crippen molar-refractivity contribution < 1.29 is 33.6 Å². The molecule has 0 fully saturated rings. The maximum atomic E-state index is 13.0. The van der Waals surface area contributed by atoms with Gasteiger partial charge in [-0.3, -0.25) is 33.6 Å². The predicted octanol–water partition coefficient (Wildman–Crippen LogP) is 0.858. The molecule has 9 N–H and O–H groups in total.